The van der Waals surface area contributed by atoms with E-state index in [-0.39, 0.29) is 5.91 Å². The summed E-state index contributed by atoms with van der Waals surface area (Å²) in [5.41, 5.74) is 2.46. The van der Waals surface area contributed by atoms with Crippen LogP contribution in [0.25, 0.3) is 5.69 Å². The normalized spacial score (nSPS) is 13.8. The van der Waals surface area contributed by atoms with Crippen molar-refractivity contribution in [2.75, 3.05) is 0 Å². The second-order valence-electron chi connectivity index (χ2n) is 6.78. The van der Waals surface area contributed by atoms with E-state index in [9.17, 15) is 4.79 Å². The molecule has 0 radical (unpaired) electrons. The van der Waals surface area contributed by atoms with E-state index in [0.717, 1.165) is 55.3 Å². The minimum atomic E-state index is -0.125. The van der Waals surface area contributed by atoms with E-state index in [0.29, 0.717) is 12.1 Å². The van der Waals surface area contributed by atoms with Gasteiger partial charge in [0.25, 0.3) is 5.91 Å². The number of carbonyl (C=O) groups excluding carboxylic acids is 1. The molecule has 2 aromatic heterocycles. The van der Waals surface area contributed by atoms with E-state index in [1.807, 2.05) is 41.9 Å². The molecule has 140 valence electrons. The molecule has 3 heterocycles. The highest BCUT2D eigenvalue weighted by atomic mass is 16.1. The molecule has 0 fully saturated rings. The van der Waals surface area contributed by atoms with Gasteiger partial charge in [0.05, 0.1) is 29.7 Å². The number of nitrogens with one attached hydrogen (secondary N) is 1. The maximum atomic E-state index is 12.8. The molecule has 7 heteroatoms. The van der Waals surface area contributed by atoms with E-state index in [1.165, 1.54) is 6.42 Å². The van der Waals surface area contributed by atoms with E-state index in [1.54, 1.807) is 6.20 Å². The molecule has 1 aromatic carbocycles. The van der Waals surface area contributed by atoms with Crippen LogP contribution in [0.5, 0.6) is 0 Å². The van der Waals surface area contributed by atoms with E-state index < -0.39 is 0 Å². The number of carbonyl (C=O) groups is 1. The van der Waals surface area contributed by atoms with Crippen molar-refractivity contribution in [3.63, 3.8) is 0 Å². The zero-order valence-electron chi connectivity index (χ0n) is 15.6. The number of benzene rings is 1. The quantitative estimate of drug-likeness (QED) is 0.755. The zero-order valence-corrected chi connectivity index (χ0v) is 15.6. The Morgan fingerprint density at radius 3 is 2.81 bits per heavy atom. The van der Waals surface area contributed by atoms with Crippen LogP contribution in [-0.2, 0) is 25.9 Å². The monoisotopic (exact) mass is 364 g/mol. The fraction of sp³-hybridized carbons (Fsp3) is 0.400. The van der Waals surface area contributed by atoms with Gasteiger partial charge in [-0.05, 0) is 31.4 Å². The first-order valence-corrected chi connectivity index (χ1v) is 9.59. The number of aryl methyl sites for hydroxylation is 1. The maximum absolute atomic E-state index is 12.8. The fourth-order valence-corrected chi connectivity index (χ4v) is 3.63. The molecule has 1 amide bonds. The molecule has 1 aliphatic heterocycles. The predicted octanol–water partition coefficient (Wildman–Crippen LogP) is 2.68. The van der Waals surface area contributed by atoms with Crippen LogP contribution < -0.4 is 5.32 Å². The smallest absolute Gasteiger partial charge is 0.255 e. The molecular formula is C20H24N6O. The highest BCUT2D eigenvalue weighted by molar-refractivity contribution is 5.95. The Morgan fingerprint density at radius 1 is 1.15 bits per heavy atom. The number of nitrogens with zero attached hydrogens (tertiary/aromatic N) is 5. The van der Waals surface area contributed by atoms with Crippen LogP contribution in [0, 0.1) is 0 Å². The van der Waals surface area contributed by atoms with Crippen molar-refractivity contribution in [3.05, 3.63) is 59.4 Å². The summed E-state index contributed by atoms with van der Waals surface area (Å²) in [4.78, 5) is 12.8. The van der Waals surface area contributed by atoms with Gasteiger partial charge in [-0.3, -0.25) is 4.79 Å². The number of hydrogen-bond acceptors (Lipinski definition) is 4. The van der Waals surface area contributed by atoms with Gasteiger partial charge < -0.3 is 9.88 Å². The third-order valence-corrected chi connectivity index (χ3v) is 5.04. The van der Waals surface area contributed by atoms with Crippen LogP contribution >= 0.6 is 0 Å². The SMILES string of the molecule is CCc1c(C(=O)NCc2nnc3n2CCCCC3)cnn1-c1ccccc1. The average molecular weight is 364 g/mol. The average Bonchev–Trinajstić information content (AvgIpc) is 3.23. The Kier molecular flexibility index (Phi) is 5.00. The summed E-state index contributed by atoms with van der Waals surface area (Å²) >= 11 is 0. The van der Waals surface area contributed by atoms with E-state index in [2.05, 4.69) is 25.2 Å². The molecular weight excluding hydrogens is 340 g/mol. The number of fused-ring (bicyclic) bond motifs is 1. The number of hydrogen-bond donors (Lipinski definition) is 1. The Hall–Kier alpha value is -2.96. The minimum absolute atomic E-state index is 0.125. The Morgan fingerprint density at radius 2 is 2.00 bits per heavy atom. The van der Waals surface area contributed by atoms with Crippen molar-refractivity contribution in [3.8, 4) is 5.69 Å². The van der Waals surface area contributed by atoms with Crippen molar-refractivity contribution in [2.24, 2.45) is 0 Å². The lowest BCUT2D eigenvalue weighted by molar-refractivity contribution is 0.0948. The van der Waals surface area contributed by atoms with E-state index in [4.69, 9.17) is 0 Å². The van der Waals surface area contributed by atoms with Crippen LogP contribution in [-0.4, -0.2) is 30.5 Å². The Labute approximate surface area is 158 Å². The van der Waals surface area contributed by atoms with Crippen LogP contribution in [0.15, 0.2) is 36.5 Å². The van der Waals surface area contributed by atoms with Crippen LogP contribution in [0.2, 0.25) is 0 Å². The second kappa shape index (κ2) is 7.73. The summed E-state index contributed by atoms with van der Waals surface area (Å²) in [6, 6.07) is 9.87. The molecule has 0 saturated carbocycles. The highest BCUT2D eigenvalue weighted by Gasteiger charge is 2.19. The Bertz CT molecular complexity index is 927. The summed E-state index contributed by atoms with van der Waals surface area (Å²) in [7, 11) is 0. The molecule has 0 spiro atoms. The van der Waals surface area contributed by atoms with Crippen molar-refractivity contribution >= 4 is 5.91 Å². The molecule has 4 rings (SSSR count). The van der Waals surface area contributed by atoms with Gasteiger partial charge in [-0.2, -0.15) is 5.10 Å². The summed E-state index contributed by atoms with van der Waals surface area (Å²) < 4.78 is 3.99. The molecule has 3 aromatic rings. The van der Waals surface area contributed by atoms with Gasteiger partial charge in [0, 0.05) is 13.0 Å². The number of aromatic nitrogens is 5. The summed E-state index contributed by atoms with van der Waals surface area (Å²) in [6.45, 7) is 3.34. The predicted molar refractivity (Wildman–Crippen MR) is 102 cm³/mol. The lowest BCUT2D eigenvalue weighted by Crippen LogP contribution is -2.25. The van der Waals surface area contributed by atoms with E-state index >= 15 is 0 Å². The van der Waals surface area contributed by atoms with Gasteiger partial charge in [-0.15, -0.1) is 10.2 Å². The fourth-order valence-electron chi connectivity index (χ4n) is 3.63. The highest BCUT2D eigenvalue weighted by Crippen LogP contribution is 2.17. The third kappa shape index (κ3) is 3.49. The number of para-hydroxylation sites is 1. The van der Waals surface area contributed by atoms with Gasteiger partial charge in [-0.1, -0.05) is 31.5 Å². The largest absolute Gasteiger partial charge is 0.345 e. The molecule has 0 atom stereocenters. The van der Waals surface area contributed by atoms with Gasteiger partial charge in [0.15, 0.2) is 5.82 Å². The van der Waals surface area contributed by atoms with Crippen molar-refractivity contribution in [1.29, 1.82) is 0 Å². The summed E-state index contributed by atoms with van der Waals surface area (Å²) in [6.07, 6.45) is 6.83. The lowest BCUT2D eigenvalue weighted by atomic mass is 10.2. The zero-order chi connectivity index (χ0) is 18.6. The lowest BCUT2D eigenvalue weighted by Gasteiger charge is -2.09. The topological polar surface area (TPSA) is 77.6 Å². The first-order valence-electron chi connectivity index (χ1n) is 9.59. The molecule has 7 nitrogen and oxygen atoms in total. The summed E-state index contributed by atoms with van der Waals surface area (Å²) in [5, 5.41) is 16.0. The van der Waals surface area contributed by atoms with Crippen molar-refractivity contribution < 1.29 is 4.79 Å². The second-order valence-corrected chi connectivity index (χ2v) is 6.78. The van der Waals surface area contributed by atoms with Gasteiger partial charge in [0.1, 0.15) is 5.82 Å². The minimum Gasteiger partial charge on any atom is -0.345 e. The number of amides is 1. The molecule has 1 aliphatic rings. The van der Waals surface area contributed by atoms with Gasteiger partial charge in [0.2, 0.25) is 0 Å². The van der Waals surface area contributed by atoms with Crippen molar-refractivity contribution in [2.45, 2.75) is 52.1 Å². The molecule has 27 heavy (non-hydrogen) atoms. The third-order valence-electron chi connectivity index (χ3n) is 5.04. The standard InChI is InChI=1S/C20H24N6O/c1-2-17-16(13-22-26(17)15-9-5-3-6-10-15)20(27)21-14-19-24-23-18-11-7-4-8-12-25(18)19/h3,5-6,9-10,13H,2,4,7-8,11-12,14H2,1H3,(H,21,27). The first-order chi connectivity index (χ1) is 13.3. The molecule has 0 bridgehead atoms. The molecule has 0 unspecified atom stereocenters. The molecule has 0 saturated heterocycles. The van der Waals surface area contributed by atoms with Crippen LogP contribution in [0.4, 0.5) is 0 Å². The molecule has 0 aliphatic carbocycles. The number of rotatable bonds is 5. The maximum Gasteiger partial charge on any atom is 0.255 e. The summed E-state index contributed by atoms with van der Waals surface area (Å²) in [5.74, 6) is 1.73. The van der Waals surface area contributed by atoms with Gasteiger partial charge >= 0.3 is 0 Å². The van der Waals surface area contributed by atoms with Crippen molar-refractivity contribution in [1.82, 2.24) is 29.9 Å². The van der Waals surface area contributed by atoms with Gasteiger partial charge in [-0.25, -0.2) is 4.68 Å². The first kappa shape index (κ1) is 17.5. The van der Waals surface area contributed by atoms with Crippen LogP contribution in [0.3, 0.4) is 0 Å². The molecule has 1 N–H and O–H groups in total. The van der Waals surface area contributed by atoms with Crippen LogP contribution in [0.1, 0.15) is 53.9 Å². The Balaban J connectivity index is 1.51.